The Bertz CT molecular complexity index is 730. The SMILES string of the molecule is CCNC(=NCc1ccc(S(C)(=O)=O)cc1)NCC(C)(C)N1CCOCC1.I. The molecule has 0 bridgehead atoms. The summed E-state index contributed by atoms with van der Waals surface area (Å²) >= 11 is 0. The number of benzene rings is 1. The van der Waals surface area contributed by atoms with E-state index in [4.69, 9.17) is 4.74 Å². The molecular formula is C19H33IN4O3S. The van der Waals surface area contributed by atoms with Crippen molar-refractivity contribution >= 4 is 39.8 Å². The monoisotopic (exact) mass is 524 g/mol. The van der Waals surface area contributed by atoms with E-state index in [9.17, 15) is 8.42 Å². The molecule has 0 spiro atoms. The van der Waals surface area contributed by atoms with E-state index in [0.29, 0.717) is 11.4 Å². The van der Waals surface area contributed by atoms with Crippen molar-refractivity contribution in [1.29, 1.82) is 0 Å². The van der Waals surface area contributed by atoms with E-state index < -0.39 is 9.84 Å². The van der Waals surface area contributed by atoms with Crippen LogP contribution in [-0.2, 0) is 21.1 Å². The zero-order valence-corrected chi connectivity index (χ0v) is 20.3. The van der Waals surface area contributed by atoms with Crippen LogP contribution in [0.25, 0.3) is 0 Å². The second kappa shape index (κ2) is 11.3. The van der Waals surface area contributed by atoms with Gasteiger partial charge in [0.25, 0.3) is 0 Å². The highest BCUT2D eigenvalue weighted by atomic mass is 127. The predicted octanol–water partition coefficient (Wildman–Crippen LogP) is 1.87. The van der Waals surface area contributed by atoms with Gasteiger partial charge < -0.3 is 15.4 Å². The Balaban J connectivity index is 0.00000392. The molecular weight excluding hydrogens is 491 g/mol. The smallest absolute Gasteiger partial charge is 0.191 e. The molecule has 0 aliphatic carbocycles. The van der Waals surface area contributed by atoms with Gasteiger partial charge in [-0.3, -0.25) is 4.90 Å². The number of morpholine rings is 1. The average Bonchev–Trinajstić information content (AvgIpc) is 2.64. The maximum absolute atomic E-state index is 11.5. The van der Waals surface area contributed by atoms with Crippen LogP contribution in [0.3, 0.4) is 0 Å². The molecule has 2 N–H and O–H groups in total. The van der Waals surface area contributed by atoms with Gasteiger partial charge in [-0.1, -0.05) is 12.1 Å². The maximum atomic E-state index is 11.5. The van der Waals surface area contributed by atoms with Crippen LogP contribution in [-0.4, -0.2) is 70.5 Å². The molecule has 0 saturated carbocycles. The van der Waals surface area contributed by atoms with Gasteiger partial charge in [0, 0.05) is 38.0 Å². The van der Waals surface area contributed by atoms with Gasteiger partial charge in [-0.25, -0.2) is 13.4 Å². The van der Waals surface area contributed by atoms with Gasteiger partial charge in [-0.05, 0) is 38.5 Å². The van der Waals surface area contributed by atoms with Crippen LogP contribution in [0, 0.1) is 0 Å². The van der Waals surface area contributed by atoms with E-state index in [1.807, 2.05) is 6.92 Å². The Labute approximate surface area is 186 Å². The van der Waals surface area contributed by atoms with Crippen molar-refractivity contribution in [2.24, 2.45) is 4.99 Å². The lowest BCUT2D eigenvalue weighted by Gasteiger charge is -2.41. The number of guanidine groups is 1. The summed E-state index contributed by atoms with van der Waals surface area (Å²) in [5, 5.41) is 6.69. The predicted molar refractivity (Wildman–Crippen MR) is 124 cm³/mol. The lowest BCUT2D eigenvalue weighted by atomic mass is 10.0. The van der Waals surface area contributed by atoms with Crippen molar-refractivity contribution in [3.05, 3.63) is 29.8 Å². The van der Waals surface area contributed by atoms with Crippen LogP contribution in [0.4, 0.5) is 0 Å². The van der Waals surface area contributed by atoms with E-state index in [-0.39, 0.29) is 29.5 Å². The van der Waals surface area contributed by atoms with E-state index in [1.165, 1.54) is 6.26 Å². The normalized spacial score (nSPS) is 16.4. The molecule has 1 aromatic carbocycles. The number of halogens is 1. The van der Waals surface area contributed by atoms with Gasteiger partial charge in [-0.15, -0.1) is 24.0 Å². The van der Waals surface area contributed by atoms with Gasteiger partial charge in [0.2, 0.25) is 0 Å². The highest BCUT2D eigenvalue weighted by Crippen LogP contribution is 2.15. The Morgan fingerprint density at radius 1 is 1.18 bits per heavy atom. The van der Waals surface area contributed by atoms with E-state index in [1.54, 1.807) is 24.3 Å². The minimum Gasteiger partial charge on any atom is -0.379 e. The summed E-state index contributed by atoms with van der Waals surface area (Å²) in [5.41, 5.74) is 0.962. The summed E-state index contributed by atoms with van der Waals surface area (Å²) < 4.78 is 28.5. The fourth-order valence-electron chi connectivity index (χ4n) is 2.93. The Morgan fingerprint density at radius 2 is 1.79 bits per heavy atom. The summed E-state index contributed by atoms with van der Waals surface area (Å²) in [6.07, 6.45) is 1.21. The van der Waals surface area contributed by atoms with Crippen molar-refractivity contribution in [1.82, 2.24) is 15.5 Å². The average molecular weight is 524 g/mol. The molecule has 9 heteroatoms. The number of sulfone groups is 1. The van der Waals surface area contributed by atoms with E-state index in [2.05, 4.69) is 34.4 Å². The number of rotatable bonds is 7. The van der Waals surface area contributed by atoms with Gasteiger partial charge in [0.15, 0.2) is 15.8 Å². The van der Waals surface area contributed by atoms with Crippen molar-refractivity contribution in [3.63, 3.8) is 0 Å². The fraction of sp³-hybridized carbons (Fsp3) is 0.632. The van der Waals surface area contributed by atoms with Crippen molar-refractivity contribution in [2.45, 2.75) is 37.8 Å². The summed E-state index contributed by atoms with van der Waals surface area (Å²) in [6.45, 7) is 11.9. The van der Waals surface area contributed by atoms with Gasteiger partial charge in [0.1, 0.15) is 0 Å². The van der Waals surface area contributed by atoms with Crippen LogP contribution in [0.15, 0.2) is 34.2 Å². The Morgan fingerprint density at radius 3 is 2.32 bits per heavy atom. The van der Waals surface area contributed by atoms with E-state index >= 15 is 0 Å². The van der Waals surface area contributed by atoms with Crippen molar-refractivity contribution < 1.29 is 13.2 Å². The molecule has 1 aliphatic rings. The van der Waals surface area contributed by atoms with Crippen LogP contribution < -0.4 is 10.6 Å². The molecule has 0 atom stereocenters. The number of hydrogen-bond donors (Lipinski definition) is 2. The molecule has 160 valence electrons. The molecule has 0 radical (unpaired) electrons. The third-order valence-corrected chi connectivity index (χ3v) is 5.80. The number of nitrogens with zero attached hydrogens (tertiary/aromatic N) is 2. The zero-order chi connectivity index (χ0) is 19.9. The molecule has 1 fully saturated rings. The quantitative estimate of drug-likeness (QED) is 0.322. The lowest BCUT2D eigenvalue weighted by molar-refractivity contribution is -0.00834. The first kappa shape index (κ1) is 25.1. The second-order valence-corrected chi connectivity index (χ2v) is 9.39. The minimum absolute atomic E-state index is 0. The van der Waals surface area contributed by atoms with Gasteiger partial charge in [-0.2, -0.15) is 0 Å². The standard InChI is InChI=1S/C19H32N4O3S.HI/c1-5-20-18(22-15-19(2,3)23-10-12-26-13-11-23)21-14-16-6-8-17(9-7-16)27(4,24)25;/h6-9H,5,10-15H2,1-4H3,(H2,20,21,22);1H. The van der Waals surface area contributed by atoms with Crippen LogP contribution in [0.5, 0.6) is 0 Å². The number of aliphatic imine (C=N–C) groups is 1. The molecule has 0 unspecified atom stereocenters. The second-order valence-electron chi connectivity index (χ2n) is 7.38. The maximum Gasteiger partial charge on any atom is 0.191 e. The Kier molecular flexibility index (Phi) is 10.2. The molecule has 7 nitrogen and oxygen atoms in total. The third kappa shape index (κ3) is 7.84. The van der Waals surface area contributed by atoms with Gasteiger partial charge >= 0.3 is 0 Å². The van der Waals surface area contributed by atoms with Crippen LogP contribution in [0.1, 0.15) is 26.3 Å². The molecule has 2 rings (SSSR count). The van der Waals surface area contributed by atoms with Crippen molar-refractivity contribution in [3.8, 4) is 0 Å². The molecule has 1 aromatic rings. The molecule has 0 amide bonds. The van der Waals surface area contributed by atoms with Crippen molar-refractivity contribution in [2.75, 3.05) is 45.6 Å². The molecule has 1 heterocycles. The molecule has 28 heavy (non-hydrogen) atoms. The summed E-state index contributed by atoms with van der Waals surface area (Å²) in [7, 11) is -3.17. The van der Waals surface area contributed by atoms with Crippen LogP contribution in [0.2, 0.25) is 0 Å². The molecule has 1 aliphatic heterocycles. The first-order valence-electron chi connectivity index (χ1n) is 9.36. The summed E-state index contributed by atoms with van der Waals surface area (Å²) in [5.74, 6) is 0.756. The topological polar surface area (TPSA) is 83.0 Å². The van der Waals surface area contributed by atoms with Gasteiger partial charge in [0.05, 0.1) is 24.7 Å². The number of ether oxygens (including phenoxy) is 1. The number of hydrogen-bond acceptors (Lipinski definition) is 5. The fourth-order valence-corrected chi connectivity index (χ4v) is 3.57. The minimum atomic E-state index is -3.17. The molecule has 0 aromatic heterocycles. The van der Waals surface area contributed by atoms with Crippen LogP contribution >= 0.6 is 24.0 Å². The molecule has 1 saturated heterocycles. The third-order valence-electron chi connectivity index (χ3n) is 4.67. The first-order chi connectivity index (χ1) is 12.7. The Hall–Kier alpha value is -0.910. The lowest BCUT2D eigenvalue weighted by Crippen LogP contribution is -2.56. The van der Waals surface area contributed by atoms with E-state index in [0.717, 1.165) is 50.9 Å². The summed E-state index contributed by atoms with van der Waals surface area (Å²) in [6, 6.07) is 6.87. The first-order valence-corrected chi connectivity index (χ1v) is 11.3. The number of nitrogens with one attached hydrogen (secondary N) is 2. The summed E-state index contributed by atoms with van der Waals surface area (Å²) in [4.78, 5) is 7.38. The highest BCUT2D eigenvalue weighted by molar-refractivity contribution is 14.0. The highest BCUT2D eigenvalue weighted by Gasteiger charge is 2.28. The largest absolute Gasteiger partial charge is 0.379 e. The zero-order valence-electron chi connectivity index (χ0n) is 17.2.